The molecule has 0 aromatic carbocycles. The second-order valence-electron chi connectivity index (χ2n) is 4.87. The minimum Gasteiger partial charge on any atom is -0.383 e. The molecule has 0 aromatic rings. The predicted octanol–water partition coefficient (Wildman–Crippen LogP) is 0.473. The van der Waals surface area contributed by atoms with Crippen LogP contribution >= 0.6 is 0 Å². The highest BCUT2D eigenvalue weighted by atomic mass is 16.5. The van der Waals surface area contributed by atoms with E-state index in [1.807, 2.05) is 7.05 Å². The number of nitrogens with one attached hydrogen (secondary N) is 1. The lowest BCUT2D eigenvalue weighted by Crippen LogP contribution is -2.54. The van der Waals surface area contributed by atoms with Crippen molar-refractivity contribution in [2.45, 2.75) is 18.4 Å². The summed E-state index contributed by atoms with van der Waals surface area (Å²) in [4.78, 5) is 2.24. The number of nitrogens with zero attached hydrogens (tertiary/aromatic N) is 2. The van der Waals surface area contributed by atoms with Gasteiger partial charge in [0.2, 0.25) is 0 Å². The Hall–Kier alpha value is -0.670. The maximum atomic E-state index is 9.49. The minimum absolute atomic E-state index is 0.415. The normalized spacial score (nSPS) is 18.6. The zero-order valence-electron chi connectivity index (χ0n) is 11.7. The van der Waals surface area contributed by atoms with Crippen LogP contribution in [-0.2, 0) is 9.47 Å². The minimum atomic E-state index is -0.415. The summed E-state index contributed by atoms with van der Waals surface area (Å²) in [5.74, 6) is 0.486. The lowest BCUT2D eigenvalue weighted by molar-refractivity contribution is 0.0978. The van der Waals surface area contributed by atoms with Crippen molar-refractivity contribution < 1.29 is 9.47 Å². The number of nitriles is 1. The Labute approximate surface area is 110 Å². The summed E-state index contributed by atoms with van der Waals surface area (Å²) < 4.78 is 10.2. The average Bonchev–Trinajstić information content (AvgIpc) is 3.23. The molecule has 0 aliphatic heterocycles. The number of methoxy groups -OCH3 is 2. The Morgan fingerprint density at radius 1 is 1.28 bits per heavy atom. The van der Waals surface area contributed by atoms with Crippen LogP contribution in [0.3, 0.4) is 0 Å². The van der Waals surface area contributed by atoms with E-state index < -0.39 is 5.54 Å². The topological polar surface area (TPSA) is 57.5 Å². The predicted molar refractivity (Wildman–Crippen MR) is 70.3 cm³/mol. The van der Waals surface area contributed by atoms with Crippen LogP contribution in [0.5, 0.6) is 0 Å². The van der Waals surface area contributed by atoms with Gasteiger partial charge >= 0.3 is 0 Å². The molecule has 0 aromatic heterocycles. The molecule has 1 atom stereocenters. The van der Waals surface area contributed by atoms with E-state index in [1.165, 1.54) is 0 Å². The van der Waals surface area contributed by atoms with E-state index in [9.17, 15) is 5.26 Å². The Morgan fingerprint density at radius 2 is 1.83 bits per heavy atom. The Balaban J connectivity index is 2.57. The van der Waals surface area contributed by atoms with Crippen molar-refractivity contribution in [1.29, 1.82) is 5.26 Å². The van der Waals surface area contributed by atoms with E-state index in [-0.39, 0.29) is 0 Å². The molecule has 0 amide bonds. The molecular formula is C13H25N3O2. The number of likely N-dealkylation sites (N-methyl/N-ethyl adjacent to an activating group) is 1. The van der Waals surface area contributed by atoms with E-state index in [0.717, 1.165) is 32.5 Å². The molecule has 1 aliphatic carbocycles. The van der Waals surface area contributed by atoms with E-state index in [1.54, 1.807) is 14.2 Å². The zero-order chi connectivity index (χ0) is 13.4. The molecule has 1 fully saturated rings. The third-order valence-corrected chi connectivity index (χ3v) is 3.62. The van der Waals surface area contributed by atoms with E-state index in [4.69, 9.17) is 9.47 Å². The maximum absolute atomic E-state index is 9.49. The van der Waals surface area contributed by atoms with Gasteiger partial charge in [-0.15, -0.1) is 0 Å². The van der Waals surface area contributed by atoms with Crippen molar-refractivity contribution >= 4 is 0 Å². The molecule has 1 rings (SSSR count). The molecule has 0 saturated heterocycles. The second-order valence-corrected chi connectivity index (χ2v) is 4.87. The summed E-state index contributed by atoms with van der Waals surface area (Å²) >= 11 is 0. The molecule has 1 aliphatic rings. The first-order valence-corrected chi connectivity index (χ1v) is 6.52. The van der Waals surface area contributed by atoms with Crippen molar-refractivity contribution in [1.82, 2.24) is 10.2 Å². The molecule has 0 bridgehead atoms. The first kappa shape index (κ1) is 15.4. The van der Waals surface area contributed by atoms with Crippen LogP contribution in [0.2, 0.25) is 0 Å². The fraction of sp³-hybridized carbons (Fsp3) is 0.923. The van der Waals surface area contributed by atoms with Gasteiger partial charge in [-0.05, 0) is 25.8 Å². The van der Waals surface area contributed by atoms with Gasteiger partial charge in [-0.3, -0.25) is 4.90 Å². The third kappa shape index (κ3) is 4.21. The number of hydrogen-bond acceptors (Lipinski definition) is 5. The molecule has 0 spiro atoms. The summed E-state index contributed by atoms with van der Waals surface area (Å²) in [5, 5.41) is 12.7. The van der Waals surface area contributed by atoms with Gasteiger partial charge in [0.25, 0.3) is 0 Å². The van der Waals surface area contributed by atoms with Gasteiger partial charge in [0.05, 0.1) is 19.3 Å². The molecular weight excluding hydrogens is 230 g/mol. The van der Waals surface area contributed by atoms with Crippen molar-refractivity contribution in [3.05, 3.63) is 0 Å². The lowest BCUT2D eigenvalue weighted by atomic mass is 9.94. The molecule has 0 radical (unpaired) electrons. The largest absolute Gasteiger partial charge is 0.383 e. The van der Waals surface area contributed by atoms with Gasteiger partial charge in [0.1, 0.15) is 5.54 Å². The smallest absolute Gasteiger partial charge is 0.122 e. The van der Waals surface area contributed by atoms with Crippen LogP contribution in [0.15, 0.2) is 0 Å². The zero-order valence-corrected chi connectivity index (χ0v) is 11.7. The van der Waals surface area contributed by atoms with Gasteiger partial charge in [0.15, 0.2) is 0 Å². The summed E-state index contributed by atoms with van der Waals surface area (Å²) in [6.45, 7) is 3.76. The van der Waals surface area contributed by atoms with Crippen LogP contribution < -0.4 is 5.32 Å². The summed E-state index contributed by atoms with van der Waals surface area (Å²) in [6.07, 6.45) is 2.30. The van der Waals surface area contributed by atoms with E-state index in [0.29, 0.717) is 19.1 Å². The van der Waals surface area contributed by atoms with Crippen LogP contribution in [-0.4, -0.2) is 64.6 Å². The van der Waals surface area contributed by atoms with Gasteiger partial charge < -0.3 is 14.8 Å². The molecule has 18 heavy (non-hydrogen) atoms. The standard InChI is InChI=1S/C13H25N3O2/c1-15-13(10-14,12-4-5-12)11-16(6-8-17-2)7-9-18-3/h12,15H,4-9,11H2,1-3H3. The van der Waals surface area contributed by atoms with Gasteiger partial charge in [-0.1, -0.05) is 0 Å². The first-order valence-electron chi connectivity index (χ1n) is 6.52. The summed E-state index contributed by atoms with van der Waals surface area (Å²) in [5.41, 5.74) is -0.415. The van der Waals surface area contributed by atoms with Gasteiger partial charge in [0, 0.05) is 33.9 Å². The summed E-state index contributed by atoms with van der Waals surface area (Å²) in [7, 11) is 5.28. The molecule has 1 N–H and O–H groups in total. The molecule has 5 nitrogen and oxygen atoms in total. The van der Waals surface area contributed by atoms with Crippen LogP contribution in [0, 0.1) is 17.2 Å². The highest BCUT2D eigenvalue weighted by molar-refractivity contribution is 5.16. The quantitative estimate of drug-likeness (QED) is 0.615. The molecule has 1 unspecified atom stereocenters. The van der Waals surface area contributed by atoms with Crippen LogP contribution in [0.25, 0.3) is 0 Å². The second kappa shape index (κ2) is 7.70. The van der Waals surface area contributed by atoms with Crippen molar-refractivity contribution in [2.24, 2.45) is 5.92 Å². The van der Waals surface area contributed by atoms with Gasteiger partial charge in [-0.25, -0.2) is 0 Å². The molecule has 104 valence electrons. The number of rotatable bonds is 10. The Morgan fingerprint density at radius 3 is 2.17 bits per heavy atom. The first-order chi connectivity index (χ1) is 8.72. The fourth-order valence-corrected chi connectivity index (χ4v) is 2.23. The maximum Gasteiger partial charge on any atom is 0.122 e. The monoisotopic (exact) mass is 255 g/mol. The average molecular weight is 255 g/mol. The third-order valence-electron chi connectivity index (χ3n) is 3.62. The van der Waals surface area contributed by atoms with E-state index >= 15 is 0 Å². The fourth-order valence-electron chi connectivity index (χ4n) is 2.23. The summed E-state index contributed by atoms with van der Waals surface area (Å²) in [6, 6.07) is 2.48. The molecule has 5 heteroatoms. The lowest BCUT2D eigenvalue weighted by Gasteiger charge is -2.33. The van der Waals surface area contributed by atoms with Crippen molar-refractivity contribution in [3.63, 3.8) is 0 Å². The van der Waals surface area contributed by atoms with Crippen molar-refractivity contribution in [2.75, 3.05) is 54.1 Å². The van der Waals surface area contributed by atoms with Crippen LogP contribution in [0.4, 0.5) is 0 Å². The Bertz CT molecular complexity index is 268. The Kier molecular flexibility index (Phi) is 6.58. The van der Waals surface area contributed by atoms with E-state index in [2.05, 4.69) is 16.3 Å². The number of ether oxygens (including phenoxy) is 2. The highest BCUT2D eigenvalue weighted by Gasteiger charge is 2.45. The van der Waals surface area contributed by atoms with Crippen LogP contribution in [0.1, 0.15) is 12.8 Å². The highest BCUT2D eigenvalue weighted by Crippen LogP contribution is 2.39. The number of hydrogen-bond donors (Lipinski definition) is 1. The van der Waals surface area contributed by atoms with Gasteiger partial charge in [-0.2, -0.15) is 5.26 Å². The molecule has 1 saturated carbocycles. The molecule has 0 heterocycles. The van der Waals surface area contributed by atoms with Crippen molar-refractivity contribution in [3.8, 4) is 6.07 Å². The SMILES string of the molecule is CNC(C#N)(CN(CCOC)CCOC)C1CC1.